The van der Waals surface area contributed by atoms with Crippen molar-refractivity contribution in [2.45, 2.75) is 6.04 Å². The molecule has 17 heavy (non-hydrogen) atoms. The van der Waals surface area contributed by atoms with Gasteiger partial charge in [0.15, 0.2) is 0 Å². The number of hydrogen-bond donors (Lipinski definition) is 1. The molecule has 0 radical (unpaired) electrons. The van der Waals surface area contributed by atoms with Gasteiger partial charge in [-0.3, -0.25) is 0 Å². The third-order valence-corrected chi connectivity index (χ3v) is 2.63. The van der Waals surface area contributed by atoms with Gasteiger partial charge in [0.1, 0.15) is 5.82 Å². The van der Waals surface area contributed by atoms with E-state index in [1.165, 1.54) is 6.07 Å². The second-order valence-corrected chi connectivity index (χ2v) is 3.86. The summed E-state index contributed by atoms with van der Waals surface area (Å²) in [6.07, 6.45) is 3.60. The van der Waals surface area contributed by atoms with Crippen LogP contribution in [0.25, 0.3) is 5.69 Å². The maximum atomic E-state index is 13.9. The first-order chi connectivity index (χ1) is 8.22. The molecule has 1 aromatic heterocycles. The van der Waals surface area contributed by atoms with Crippen LogP contribution in [-0.4, -0.2) is 18.3 Å². The quantitative estimate of drug-likeness (QED) is 0.881. The molecule has 2 aromatic rings. The third-order valence-electron chi connectivity index (χ3n) is 2.63. The standard InChI is InChI=1S/C13H15FN2O/c1-17-9-12(15)10-4-5-13(11(14)8-10)16-6-2-3-7-16/h2-8,12H,9,15H2,1H3/t12-/m1/s1. The monoisotopic (exact) mass is 234 g/mol. The lowest BCUT2D eigenvalue weighted by Crippen LogP contribution is -2.16. The number of hydrogen-bond acceptors (Lipinski definition) is 2. The SMILES string of the molecule is COC[C@@H](N)c1ccc(-n2cccc2)c(F)c1. The normalized spacial score (nSPS) is 12.6. The Labute approximate surface area is 99.6 Å². The Morgan fingerprint density at radius 3 is 2.65 bits per heavy atom. The molecule has 90 valence electrons. The van der Waals surface area contributed by atoms with Gasteiger partial charge < -0.3 is 15.0 Å². The summed E-state index contributed by atoms with van der Waals surface area (Å²) in [5.74, 6) is -0.287. The molecule has 0 spiro atoms. The molecular weight excluding hydrogens is 219 g/mol. The summed E-state index contributed by atoms with van der Waals surface area (Å²) in [5, 5.41) is 0. The van der Waals surface area contributed by atoms with Gasteiger partial charge >= 0.3 is 0 Å². The molecule has 0 saturated heterocycles. The van der Waals surface area contributed by atoms with Gasteiger partial charge in [0.25, 0.3) is 0 Å². The Hall–Kier alpha value is -1.65. The second-order valence-electron chi connectivity index (χ2n) is 3.86. The van der Waals surface area contributed by atoms with Crippen LogP contribution in [0.4, 0.5) is 4.39 Å². The van der Waals surface area contributed by atoms with Gasteiger partial charge in [-0.15, -0.1) is 0 Å². The highest BCUT2D eigenvalue weighted by molar-refractivity contribution is 5.38. The molecule has 0 aliphatic carbocycles. The van der Waals surface area contributed by atoms with E-state index in [1.807, 2.05) is 18.2 Å². The van der Waals surface area contributed by atoms with Crippen LogP contribution in [0.15, 0.2) is 42.7 Å². The maximum Gasteiger partial charge on any atom is 0.147 e. The lowest BCUT2D eigenvalue weighted by molar-refractivity contribution is 0.181. The summed E-state index contributed by atoms with van der Waals surface area (Å²) in [6, 6.07) is 8.41. The second kappa shape index (κ2) is 5.12. The molecule has 0 aliphatic rings. The number of rotatable bonds is 4. The summed E-state index contributed by atoms with van der Waals surface area (Å²) in [4.78, 5) is 0. The topological polar surface area (TPSA) is 40.2 Å². The zero-order valence-corrected chi connectivity index (χ0v) is 9.64. The van der Waals surface area contributed by atoms with Crippen molar-refractivity contribution in [3.8, 4) is 5.69 Å². The molecule has 0 unspecified atom stereocenters. The molecule has 0 bridgehead atoms. The fourth-order valence-corrected chi connectivity index (χ4v) is 1.73. The minimum Gasteiger partial charge on any atom is -0.383 e. The lowest BCUT2D eigenvalue weighted by Gasteiger charge is -2.12. The Bertz CT molecular complexity index is 482. The molecule has 4 heteroatoms. The van der Waals surface area contributed by atoms with E-state index < -0.39 is 0 Å². The van der Waals surface area contributed by atoms with Crippen molar-refractivity contribution in [3.63, 3.8) is 0 Å². The number of nitrogens with two attached hydrogens (primary N) is 1. The first kappa shape index (κ1) is 11.8. The summed E-state index contributed by atoms with van der Waals surface area (Å²) in [5.41, 5.74) is 7.10. The van der Waals surface area contributed by atoms with Gasteiger partial charge in [-0.25, -0.2) is 4.39 Å². The van der Waals surface area contributed by atoms with Gasteiger partial charge in [-0.1, -0.05) is 6.07 Å². The van der Waals surface area contributed by atoms with Crippen molar-refractivity contribution in [1.82, 2.24) is 4.57 Å². The highest BCUT2D eigenvalue weighted by atomic mass is 19.1. The Morgan fingerprint density at radius 1 is 1.35 bits per heavy atom. The number of methoxy groups -OCH3 is 1. The molecule has 0 aliphatic heterocycles. The zero-order chi connectivity index (χ0) is 12.3. The summed E-state index contributed by atoms with van der Waals surface area (Å²) < 4.78 is 20.6. The minimum atomic E-state index is -0.298. The Morgan fingerprint density at radius 2 is 2.06 bits per heavy atom. The van der Waals surface area contributed by atoms with E-state index in [9.17, 15) is 4.39 Å². The molecule has 1 heterocycles. The molecule has 0 fully saturated rings. The largest absolute Gasteiger partial charge is 0.383 e. The first-order valence-corrected chi connectivity index (χ1v) is 5.39. The van der Waals surface area contributed by atoms with Crippen LogP contribution in [0.1, 0.15) is 11.6 Å². The number of ether oxygens (including phenoxy) is 1. The van der Waals surface area contributed by atoms with Crippen molar-refractivity contribution in [1.29, 1.82) is 0 Å². The van der Waals surface area contributed by atoms with Crippen LogP contribution in [0.2, 0.25) is 0 Å². The van der Waals surface area contributed by atoms with Crippen LogP contribution in [0, 0.1) is 5.82 Å². The molecular formula is C13H15FN2O. The van der Waals surface area contributed by atoms with Crippen molar-refractivity contribution in [2.75, 3.05) is 13.7 Å². The van der Waals surface area contributed by atoms with Gasteiger partial charge in [-0.05, 0) is 29.8 Å². The maximum absolute atomic E-state index is 13.9. The average Bonchev–Trinajstić information content (AvgIpc) is 2.82. The average molecular weight is 234 g/mol. The lowest BCUT2D eigenvalue weighted by atomic mass is 10.1. The van der Waals surface area contributed by atoms with Gasteiger partial charge in [0.2, 0.25) is 0 Å². The van der Waals surface area contributed by atoms with E-state index in [1.54, 1.807) is 30.1 Å². The van der Waals surface area contributed by atoms with Gasteiger partial charge in [-0.2, -0.15) is 0 Å². The van der Waals surface area contributed by atoms with E-state index in [0.29, 0.717) is 12.3 Å². The van der Waals surface area contributed by atoms with E-state index in [0.717, 1.165) is 5.56 Å². The Balaban J connectivity index is 2.29. The Kier molecular flexibility index (Phi) is 3.56. The van der Waals surface area contributed by atoms with Crippen molar-refractivity contribution in [2.24, 2.45) is 5.73 Å². The number of aromatic nitrogens is 1. The first-order valence-electron chi connectivity index (χ1n) is 5.39. The minimum absolute atomic E-state index is 0.287. The van der Waals surface area contributed by atoms with Crippen LogP contribution in [0.5, 0.6) is 0 Å². The smallest absolute Gasteiger partial charge is 0.147 e. The van der Waals surface area contributed by atoms with Crippen molar-refractivity contribution >= 4 is 0 Å². The predicted octanol–water partition coefficient (Wildman–Crippen LogP) is 2.26. The van der Waals surface area contributed by atoms with E-state index in [4.69, 9.17) is 10.5 Å². The van der Waals surface area contributed by atoms with Crippen molar-refractivity contribution in [3.05, 3.63) is 54.1 Å². The fourth-order valence-electron chi connectivity index (χ4n) is 1.73. The van der Waals surface area contributed by atoms with E-state index in [2.05, 4.69) is 0 Å². The summed E-state index contributed by atoms with van der Waals surface area (Å²) in [6.45, 7) is 0.377. The highest BCUT2D eigenvalue weighted by Crippen LogP contribution is 2.18. The number of benzene rings is 1. The highest BCUT2D eigenvalue weighted by Gasteiger charge is 2.10. The molecule has 3 nitrogen and oxygen atoms in total. The molecule has 0 amide bonds. The summed E-state index contributed by atoms with van der Waals surface area (Å²) in [7, 11) is 1.57. The molecule has 2 N–H and O–H groups in total. The van der Waals surface area contributed by atoms with Gasteiger partial charge in [0.05, 0.1) is 18.3 Å². The van der Waals surface area contributed by atoms with Crippen molar-refractivity contribution < 1.29 is 9.13 Å². The third kappa shape index (κ3) is 2.54. The predicted molar refractivity (Wildman–Crippen MR) is 64.5 cm³/mol. The molecule has 2 rings (SSSR count). The molecule has 0 saturated carbocycles. The van der Waals surface area contributed by atoms with Crippen LogP contribution in [0.3, 0.4) is 0 Å². The van der Waals surface area contributed by atoms with Crippen LogP contribution >= 0.6 is 0 Å². The van der Waals surface area contributed by atoms with Crippen LogP contribution < -0.4 is 5.73 Å². The van der Waals surface area contributed by atoms with E-state index in [-0.39, 0.29) is 11.9 Å². The zero-order valence-electron chi connectivity index (χ0n) is 9.64. The molecule has 1 atom stereocenters. The number of nitrogens with zero attached hydrogens (tertiary/aromatic N) is 1. The fraction of sp³-hybridized carbons (Fsp3) is 0.231. The van der Waals surface area contributed by atoms with E-state index >= 15 is 0 Å². The molecule has 1 aromatic carbocycles. The number of halogens is 1. The van der Waals surface area contributed by atoms with Gasteiger partial charge in [0, 0.05) is 19.5 Å². The van der Waals surface area contributed by atoms with Crippen LogP contribution in [-0.2, 0) is 4.74 Å². The summed E-state index contributed by atoms with van der Waals surface area (Å²) >= 11 is 0.